The van der Waals surface area contributed by atoms with Gasteiger partial charge in [0.05, 0.1) is 0 Å². The Hall–Kier alpha value is -2.20. The van der Waals surface area contributed by atoms with E-state index in [1.54, 1.807) is 0 Å². The molecule has 2 heterocycles. The molecular weight excluding hydrogens is 290 g/mol. The third kappa shape index (κ3) is 3.42. The second-order valence-electron chi connectivity index (χ2n) is 6.09. The lowest BCUT2D eigenvalue weighted by Crippen LogP contribution is -2.37. The Bertz CT molecular complexity index is 651. The van der Waals surface area contributed by atoms with E-state index in [4.69, 9.17) is 14.2 Å². The number of hydrogen-bond donors (Lipinski definition) is 0. The van der Waals surface area contributed by atoms with E-state index in [1.807, 2.05) is 18.2 Å². The Balaban J connectivity index is 1.30. The number of ether oxygens (including phenoxy) is 3. The molecule has 120 valence electrons. The number of fused-ring (bicyclic) bond motifs is 1. The van der Waals surface area contributed by atoms with E-state index < -0.39 is 0 Å². The summed E-state index contributed by atoms with van der Waals surface area (Å²) in [7, 11) is 0. The highest BCUT2D eigenvalue weighted by Gasteiger charge is 2.21. The molecule has 23 heavy (non-hydrogen) atoms. The Morgan fingerprint density at radius 3 is 2.57 bits per heavy atom. The van der Waals surface area contributed by atoms with Gasteiger partial charge in [-0.15, -0.1) is 0 Å². The van der Waals surface area contributed by atoms with Gasteiger partial charge in [-0.1, -0.05) is 30.3 Å². The Morgan fingerprint density at radius 1 is 0.957 bits per heavy atom. The molecule has 1 saturated heterocycles. The van der Waals surface area contributed by atoms with Gasteiger partial charge in [0.1, 0.15) is 11.9 Å². The average Bonchev–Trinajstić information content (AvgIpc) is 3.05. The largest absolute Gasteiger partial charge is 0.490 e. The molecule has 1 fully saturated rings. The summed E-state index contributed by atoms with van der Waals surface area (Å²) in [5.74, 6) is 2.45. The summed E-state index contributed by atoms with van der Waals surface area (Å²) in [4.78, 5) is 2.49. The molecule has 0 aromatic heterocycles. The van der Waals surface area contributed by atoms with Crippen molar-refractivity contribution in [3.63, 3.8) is 0 Å². The lowest BCUT2D eigenvalue weighted by atomic mass is 10.1. The Kier molecular flexibility index (Phi) is 4.07. The number of rotatable bonds is 4. The van der Waals surface area contributed by atoms with E-state index in [-0.39, 0.29) is 6.10 Å². The third-order valence-corrected chi connectivity index (χ3v) is 4.43. The van der Waals surface area contributed by atoms with Gasteiger partial charge in [0.2, 0.25) is 6.79 Å². The molecule has 0 saturated carbocycles. The summed E-state index contributed by atoms with van der Waals surface area (Å²) < 4.78 is 16.8. The minimum atomic E-state index is 0.280. The Morgan fingerprint density at radius 2 is 1.74 bits per heavy atom. The van der Waals surface area contributed by atoms with Crippen LogP contribution in [0.4, 0.5) is 0 Å². The van der Waals surface area contributed by atoms with Crippen LogP contribution in [0.25, 0.3) is 0 Å². The van der Waals surface area contributed by atoms with Crippen molar-refractivity contribution in [3.8, 4) is 17.2 Å². The molecule has 0 aliphatic carbocycles. The molecule has 0 atom stereocenters. The zero-order valence-electron chi connectivity index (χ0n) is 13.1. The topological polar surface area (TPSA) is 30.9 Å². The molecule has 0 N–H and O–H groups in total. The molecule has 2 aliphatic heterocycles. The van der Waals surface area contributed by atoms with Crippen molar-refractivity contribution in [2.24, 2.45) is 0 Å². The quantitative estimate of drug-likeness (QED) is 0.865. The molecule has 4 rings (SSSR count). The van der Waals surface area contributed by atoms with Crippen LogP contribution in [0.2, 0.25) is 0 Å². The third-order valence-electron chi connectivity index (χ3n) is 4.43. The van der Waals surface area contributed by atoms with E-state index in [9.17, 15) is 0 Å². The molecule has 4 nitrogen and oxygen atoms in total. The molecule has 4 heteroatoms. The van der Waals surface area contributed by atoms with Crippen molar-refractivity contribution >= 4 is 0 Å². The number of hydrogen-bond acceptors (Lipinski definition) is 4. The van der Waals surface area contributed by atoms with Crippen LogP contribution in [-0.2, 0) is 6.54 Å². The van der Waals surface area contributed by atoms with Gasteiger partial charge in [0.25, 0.3) is 0 Å². The number of nitrogens with zero attached hydrogens (tertiary/aromatic N) is 1. The highest BCUT2D eigenvalue weighted by Crippen LogP contribution is 2.35. The molecule has 0 spiro atoms. The summed E-state index contributed by atoms with van der Waals surface area (Å²) >= 11 is 0. The van der Waals surface area contributed by atoms with E-state index >= 15 is 0 Å². The zero-order chi connectivity index (χ0) is 15.5. The predicted octanol–water partition coefficient (Wildman–Crippen LogP) is 3.46. The summed E-state index contributed by atoms with van der Waals surface area (Å²) in [5, 5.41) is 0. The van der Waals surface area contributed by atoms with Crippen LogP contribution in [0, 0.1) is 0 Å². The summed E-state index contributed by atoms with van der Waals surface area (Å²) in [6.45, 7) is 3.47. The highest BCUT2D eigenvalue weighted by molar-refractivity contribution is 5.46. The number of piperidine rings is 1. The van der Waals surface area contributed by atoms with Crippen LogP contribution in [-0.4, -0.2) is 30.9 Å². The normalized spacial score (nSPS) is 18.1. The van der Waals surface area contributed by atoms with Crippen LogP contribution in [0.15, 0.2) is 48.5 Å². The van der Waals surface area contributed by atoms with Crippen LogP contribution in [0.1, 0.15) is 18.4 Å². The molecule has 0 unspecified atom stereocenters. The maximum Gasteiger partial charge on any atom is 0.231 e. The van der Waals surface area contributed by atoms with Crippen LogP contribution in [0.3, 0.4) is 0 Å². The lowest BCUT2D eigenvalue weighted by molar-refractivity contribution is 0.0966. The average molecular weight is 311 g/mol. The van der Waals surface area contributed by atoms with Crippen LogP contribution < -0.4 is 14.2 Å². The second-order valence-corrected chi connectivity index (χ2v) is 6.09. The summed E-state index contributed by atoms with van der Waals surface area (Å²) in [5.41, 5.74) is 1.38. The minimum absolute atomic E-state index is 0.280. The second kappa shape index (κ2) is 6.50. The lowest BCUT2D eigenvalue weighted by Gasteiger charge is -2.32. The van der Waals surface area contributed by atoms with Crippen molar-refractivity contribution in [1.82, 2.24) is 4.90 Å². The maximum atomic E-state index is 6.12. The molecular formula is C19H21NO3. The molecule has 2 aromatic carbocycles. The number of benzene rings is 2. The van der Waals surface area contributed by atoms with E-state index in [1.165, 1.54) is 5.56 Å². The zero-order valence-corrected chi connectivity index (χ0v) is 13.1. The van der Waals surface area contributed by atoms with E-state index in [2.05, 4.69) is 35.2 Å². The first-order chi connectivity index (χ1) is 11.4. The molecule has 2 aliphatic rings. The predicted molar refractivity (Wildman–Crippen MR) is 87.9 cm³/mol. The first kappa shape index (κ1) is 14.4. The Labute approximate surface area is 136 Å². The van der Waals surface area contributed by atoms with E-state index in [0.717, 1.165) is 49.7 Å². The van der Waals surface area contributed by atoms with E-state index in [0.29, 0.717) is 6.79 Å². The first-order valence-electron chi connectivity index (χ1n) is 8.19. The smallest absolute Gasteiger partial charge is 0.231 e. The summed E-state index contributed by atoms with van der Waals surface area (Å²) in [6, 6.07) is 16.5. The van der Waals surface area contributed by atoms with Gasteiger partial charge in [0, 0.05) is 25.7 Å². The monoisotopic (exact) mass is 311 g/mol. The minimum Gasteiger partial charge on any atom is -0.490 e. The van der Waals surface area contributed by atoms with Gasteiger partial charge >= 0.3 is 0 Å². The molecule has 0 bridgehead atoms. The van der Waals surface area contributed by atoms with Crippen molar-refractivity contribution in [2.75, 3.05) is 19.9 Å². The van der Waals surface area contributed by atoms with Crippen molar-refractivity contribution < 1.29 is 14.2 Å². The van der Waals surface area contributed by atoms with Gasteiger partial charge in [-0.05, 0) is 30.5 Å². The SMILES string of the molecule is c1ccc(CN2CCC(Oc3ccc4c(c3)OCO4)CC2)cc1. The molecule has 0 amide bonds. The maximum absolute atomic E-state index is 6.12. The molecule has 0 radical (unpaired) electrons. The van der Waals surface area contributed by atoms with Crippen molar-refractivity contribution in [1.29, 1.82) is 0 Å². The first-order valence-corrected chi connectivity index (χ1v) is 8.19. The highest BCUT2D eigenvalue weighted by atomic mass is 16.7. The van der Waals surface area contributed by atoms with Gasteiger partial charge in [0.15, 0.2) is 11.5 Å². The van der Waals surface area contributed by atoms with Gasteiger partial charge in [-0.25, -0.2) is 0 Å². The van der Waals surface area contributed by atoms with Gasteiger partial charge in [-0.2, -0.15) is 0 Å². The van der Waals surface area contributed by atoms with Gasteiger partial charge in [-0.3, -0.25) is 4.90 Å². The standard InChI is InChI=1S/C19H21NO3/c1-2-4-15(5-3-1)13-20-10-8-16(9-11-20)23-17-6-7-18-19(12-17)22-14-21-18/h1-7,12,16H,8-11,13-14H2. The van der Waals surface area contributed by atoms with Gasteiger partial charge < -0.3 is 14.2 Å². The van der Waals surface area contributed by atoms with Crippen molar-refractivity contribution in [3.05, 3.63) is 54.1 Å². The fourth-order valence-corrected chi connectivity index (χ4v) is 3.17. The van der Waals surface area contributed by atoms with Crippen LogP contribution >= 0.6 is 0 Å². The summed E-state index contributed by atoms with van der Waals surface area (Å²) in [6.07, 6.45) is 2.39. The van der Waals surface area contributed by atoms with Crippen LogP contribution in [0.5, 0.6) is 17.2 Å². The molecule has 2 aromatic rings. The fraction of sp³-hybridized carbons (Fsp3) is 0.368. The number of likely N-dealkylation sites (tertiary alicyclic amines) is 1. The fourth-order valence-electron chi connectivity index (χ4n) is 3.17. The van der Waals surface area contributed by atoms with Crippen molar-refractivity contribution in [2.45, 2.75) is 25.5 Å².